The van der Waals surface area contributed by atoms with Gasteiger partial charge < -0.3 is 14.7 Å². The van der Waals surface area contributed by atoms with Crippen LogP contribution in [0.15, 0.2) is 53.0 Å². The third kappa shape index (κ3) is 3.06. The highest BCUT2D eigenvalue weighted by Gasteiger charge is 2.26. The molecule has 0 bridgehead atoms. The highest BCUT2D eigenvalue weighted by atomic mass is 79.9. The number of ether oxygens (including phenoxy) is 1. The fourth-order valence-electron chi connectivity index (χ4n) is 3.33. The topological polar surface area (TPSA) is 62.7 Å². The van der Waals surface area contributed by atoms with Gasteiger partial charge in [0.05, 0.1) is 35.7 Å². The van der Waals surface area contributed by atoms with E-state index in [1.165, 1.54) is 0 Å². The zero-order valence-corrected chi connectivity index (χ0v) is 15.6. The minimum atomic E-state index is -0.950. The van der Waals surface area contributed by atoms with Crippen LogP contribution in [0.1, 0.15) is 10.4 Å². The molecular weight excluding hydrogens is 396 g/mol. The van der Waals surface area contributed by atoms with Crippen LogP contribution in [0.3, 0.4) is 0 Å². The summed E-state index contributed by atoms with van der Waals surface area (Å²) in [6.07, 6.45) is 0. The number of hydrogen-bond acceptors (Lipinski definition) is 4. The Kier molecular flexibility index (Phi) is 4.61. The van der Waals surface area contributed by atoms with Crippen molar-refractivity contribution in [1.82, 2.24) is 4.98 Å². The number of carboxylic acid groups (broad SMARTS) is 1. The Morgan fingerprint density at radius 1 is 1.12 bits per heavy atom. The van der Waals surface area contributed by atoms with Crippen LogP contribution in [0.25, 0.3) is 22.2 Å². The van der Waals surface area contributed by atoms with E-state index < -0.39 is 5.97 Å². The quantitative estimate of drug-likeness (QED) is 0.698. The molecule has 0 spiro atoms. The summed E-state index contributed by atoms with van der Waals surface area (Å²) in [7, 11) is 0. The van der Waals surface area contributed by atoms with Crippen molar-refractivity contribution in [3.63, 3.8) is 0 Å². The molecule has 2 aromatic carbocycles. The summed E-state index contributed by atoms with van der Waals surface area (Å²) in [5, 5.41) is 10.7. The molecule has 1 saturated heterocycles. The van der Waals surface area contributed by atoms with Crippen molar-refractivity contribution in [3.05, 3.63) is 58.6 Å². The van der Waals surface area contributed by atoms with Gasteiger partial charge in [0.15, 0.2) is 0 Å². The van der Waals surface area contributed by atoms with Gasteiger partial charge in [-0.25, -0.2) is 9.78 Å². The lowest BCUT2D eigenvalue weighted by Crippen LogP contribution is -2.37. The summed E-state index contributed by atoms with van der Waals surface area (Å²) in [4.78, 5) is 19.2. The monoisotopic (exact) mass is 412 g/mol. The van der Waals surface area contributed by atoms with Crippen LogP contribution in [-0.4, -0.2) is 42.4 Å². The first-order valence-electron chi connectivity index (χ1n) is 8.40. The maximum Gasteiger partial charge on any atom is 0.338 e. The van der Waals surface area contributed by atoms with Crippen molar-refractivity contribution in [1.29, 1.82) is 0 Å². The minimum Gasteiger partial charge on any atom is -0.478 e. The van der Waals surface area contributed by atoms with Gasteiger partial charge in [-0.3, -0.25) is 0 Å². The number of morpholine rings is 1. The van der Waals surface area contributed by atoms with Gasteiger partial charge in [0.1, 0.15) is 0 Å². The van der Waals surface area contributed by atoms with Crippen LogP contribution in [0.2, 0.25) is 0 Å². The van der Waals surface area contributed by atoms with E-state index in [4.69, 9.17) is 9.72 Å². The fraction of sp³-hybridized carbons (Fsp3) is 0.200. The molecule has 132 valence electrons. The van der Waals surface area contributed by atoms with Crippen molar-refractivity contribution >= 4 is 38.5 Å². The van der Waals surface area contributed by atoms with E-state index in [2.05, 4.69) is 20.8 Å². The number of carboxylic acids is 1. The van der Waals surface area contributed by atoms with Crippen LogP contribution in [-0.2, 0) is 4.74 Å². The predicted molar refractivity (Wildman–Crippen MR) is 105 cm³/mol. The van der Waals surface area contributed by atoms with Crippen LogP contribution in [0, 0.1) is 0 Å². The fourth-order valence-corrected chi connectivity index (χ4v) is 3.70. The normalized spacial score (nSPS) is 14.6. The largest absolute Gasteiger partial charge is 0.478 e. The Hall–Kier alpha value is -2.44. The van der Waals surface area contributed by atoms with E-state index in [1.807, 2.05) is 48.5 Å². The maximum atomic E-state index is 12.3. The number of pyridine rings is 1. The van der Waals surface area contributed by atoms with Crippen LogP contribution in [0.4, 0.5) is 5.69 Å². The average Bonchev–Trinajstić information content (AvgIpc) is 2.67. The first kappa shape index (κ1) is 17.0. The first-order valence-corrected chi connectivity index (χ1v) is 9.19. The number of aromatic carboxylic acids is 1. The van der Waals surface area contributed by atoms with Crippen molar-refractivity contribution in [2.75, 3.05) is 31.2 Å². The molecule has 26 heavy (non-hydrogen) atoms. The van der Waals surface area contributed by atoms with Crippen LogP contribution < -0.4 is 4.90 Å². The number of benzene rings is 2. The molecule has 0 saturated carbocycles. The highest BCUT2D eigenvalue weighted by molar-refractivity contribution is 9.10. The Morgan fingerprint density at radius 3 is 2.54 bits per heavy atom. The van der Waals surface area contributed by atoms with Gasteiger partial charge in [-0.2, -0.15) is 0 Å². The molecule has 0 aliphatic carbocycles. The summed E-state index contributed by atoms with van der Waals surface area (Å²) in [6, 6.07) is 15.3. The highest BCUT2D eigenvalue weighted by Crippen LogP contribution is 2.38. The second kappa shape index (κ2) is 7.05. The van der Waals surface area contributed by atoms with Gasteiger partial charge in [-0.15, -0.1) is 0 Å². The minimum absolute atomic E-state index is 0.289. The SMILES string of the molecule is O=C(O)c1c(N2CCOCC2)c(-c2ccccc2)nc2ccc(Br)cc12. The van der Waals surface area contributed by atoms with Gasteiger partial charge in [0.25, 0.3) is 0 Å². The molecule has 0 amide bonds. The molecule has 1 aromatic heterocycles. The number of rotatable bonds is 3. The van der Waals surface area contributed by atoms with Crippen molar-refractivity contribution in [2.24, 2.45) is 0 Å². The lowest BCUT2D eigenvalue weighted by atomic mass is 10.00. The first-order chi connectivity index (χ1) is 12.6. The molecule has 1 fully saturated rings. The van der Waals surface area contributed by atoms with E-state index in [-0.39, 0.29) is 5.56 Å². The molecular formula is C20H17BrN2O3. The van der Waals surface area contributed by atoms with Crippen molar-refractivity contribution in [2.45, 2.75) is 0 Å². The number of hydrogen-bond donors (Lipinski definition) is 1. The molecule has 6 heteroatoms. The molecule has 1 aliphatic heterocycles. The van der Waals surface area contributed by atoms with E-state index >= 15 is 0 Å². The molecule has 3 aromatic rings. The Morgan fingerprint density at radius 2 is 1.85 bits per heavy atom. The number of halogens is 1. The standard InChI is InChI=1S/C20H17BrN2O3/c21-14-6-7-16-15(12-14)17(20(24)25)19(23-8-10-26-11-9-23)18(22-16)13-4-2-1-3-5-13/h1-7,12H,8-11H2,(H,24,25). The molecule has 1 N–H and O–H groups in total. The number of aromatic nitrogens is 1. The number of fused-ring (bicyclic) bond motifs is 1. The summed E-state index contributed by atoms with van der Waals surface area (Å²) in [5.41, 5.74) is 3.22. The van der Waals surface area contributed by atoms with Gasteiger partial charge in [-0.1, -0.05) is 46.3 Å². The Labute approximate surface area is 159 Å². The average molecular weight is 413 g/mol. The molecule has 0 atom stereocenters. The summed E-state index contributed by atoms with van der Waals surface area (Å²) in [5.74, 6) is -0.950. The second-order valence-electron chi connectivity index (χ2n) is 6.12. The summed E-state index contributed by atoms with van der Waals surface area (Å²) >= 11 is 3.45. The van der Waals surface area contributed by atoms with Crippen LogP contribution in [0.5, 0.6) is 0 Å². The third-order valence-electron chi connectivity index (χ3n) is 4.51. The Bertz CT molecular complexity index is 970. The van der Waals surface area contributed by atoms with Crippen molar-refractivity contribution in [3.8, 4) is 11.3 Å². The zero-order valence-electron chi connectivity index (χ0n) is 14.0. The molecule has 1 aliphatic rings. The molecule has 2 heterocycles. The Balaban J connectivity index is 2.07. The number of anilines is 1. The van der Waals surface area contributed by atoms with E-state index in [9.17, 15) is 9.90 Å². The van der Waals surface area contributed by atoms with Gasteiger partial charge in [0, 0.05) is 28.5 Å². The molecule has 0 unspecified atom stereocenters. The predicted octanol–water partition coefficient (Wildman–Crippen LogP) is 4.20. The smallest absolute Gasteiger partial charge is 0.338 e. The lowest BCUT2D eigenvalue weighted by Gasteiger charge is -2.32. The van der Waals surface area contributed by atoms with Crippen molar-refractivity contribution < 1.29 is 14.6 Å². The van der Waals surface area contributed by atoms with Crippen LogP contribution >= 0.6 is 15.9 Å². The molecule has 5 nitrogen and oxygen atoms in total. The van der Waals surface area contributed by atoms with Gasteiger partial charge in [-0.05, 0) is 18.2 Å². The summed E-state index contributed by atoms with van der Waals surface area (Å²) < 4.78 is 6.29. The van der Waals surface area contributed by atoms with E-state index in [1.54, 1.807) is 0 Å². The van der Waals surface area contributed by atoms with Gasteiger partial charge in [0.2, 0.25) is 0 Å². The summed E-state index contributed by atoms with van der Waals surface area (Å²) in [6.45, 7) is 2.43. The maximum absolute atomic E-state index is 12.3. The molecule has 4 rings (SSSR count). The number of carbonyl (C=O) groups is 1. The molecule has 0 radical (unpaired) electrons. The zero-order chi connectivity index (χ0) is 18.1. The lowest BCUT2D eigenvalue weighted by molar-refractivity contribution is 0.0698. The third-order valence-corrected chi connectivity index (χ3v) is 5.00. The number of nitrogens with zero attached hydrogens (tertiary/aromatic N) is 2. The second-order valence-corrected chi connectivity index (χ2v) is 7.03. The van der Waals surface area contributed by atoms with E-state index in [0.717, 1.165) is 10.0 Å². The van der Waals surface area contributed by atoms with Gasteiger partial charge >= 0.3 is 5.97 Å². The van der Waals surface area contributed by atoms with E-state index in [0.29, 0.717) is 48.6 Å².